The summed E-state index contributed by atoms with van der Waals surface area (Å²) in [6.07, 6.45) is 0. The minimum absolute atomic E-state index is 0.00124. The van der Waals surface area contributed by atoms with Gasteiger partial charge in [-0.1, -0.05) is 246 Å². The number of hydrogen-bond acceptors (Lipinski definition) is 4. The molecule has 0 aliphatic carbocycles. The number of thiophene rings is 1. The Morgan fingerprint density at radius 2 is 0.833 bits per heavy atom. The largest absolute Gasteiger partial charge is 0.311 e. The van der Waals surface area contributed by atoms with Crippen LogP contribution in [-0.4, -0.2) is 22.9 Å². The van der Waals surface area contributed by atoms with Gasteiger partial charge in [0.05, 0.1) is 13.8 Å². The van der Waals surface area contributed by atoms with E-state index in [2.05, 4.69) is 335 Å². The number of benzene rings is 8. The van der Waals surface area contributed by atoms with Crippen LogP contribution in [0.15, 0.2) is 176 Å². The second-order valence-corrected chi connectivity index (χ2v) is 43.5. The van der Waals surface area contributed by atoms with Crippen molar-refractivity contribution in [3.8, 4) is 0 Å². The van der Waals surface area contributed by atoms with E-state index in [0.29, 0.717) is 0 Å². The van der Waals surface area contributed by atoms with Gasteiger partial charge < -0.3 is 14.7 Å². The topological polar surface area (TPSA) is 9.72 Å². The van der Waals surface area contributed by atoms with Crippen molar-refractivity contribution in [2.24, 2.45) is 0 Å². The van der Waals surface area contributed by atoms with E-state index in [9.17, 15) is 0 Å². The summed E-state index contributed by atoms with van der Waals surface area (Å²) in [6.45, 7) is 50.5. The van der Waals surface area contributed by atoms with Crippen LogP contribution in [0.25, 0.3) is 10.1 Å². The average molecular weight is 1160 g/mol. The Kier molecular flexibility index (Phi) is 14.4. The van der Waals surface area contributed by atoms with E-state index in [4.69, 9.17) is 0 Å². The third-order valence-corrected chi connectivity index (χ3v) is 28.8. The molecule has 3 nitrogen and oxygen atoms in total. The van der Waals surface area contributed by atoms with E-state index in [1.54, 1.807) is 0 Å². The van der Waals surface area contributed by atoms with Gasteiger partial charge in [-0.3, -0.25) is 0 Å². The second-order valence-electron chi connectivity index (χ2n) is 31.7. The van der Waals surface area contributed by atoms with Crippen molar-refractivity contribution < 1.29 is 0 Å². The van der Waals surface area contributed by atoms with Gasteiger partial charge in [-0.25, -0.2) is 0 Å². The van der Waals surface area contributed by atoms with Crippen LogP contribution < -0.4 is 46.0 Å². The highest BCUT2D eigenvalue weighted by atomic mass is 32.1. The fourth-order valence-corrected chi connectivity index (χ4v) is 24.3. The molecule has 2 aliphatic rings. The highest BCUT2D eigenvalue weighted by Gasteiger charge is 2.57. The van der Waals surface area contributed by atoms with Crippen LogP contribution in [0.3, 0.4) is 0 Å². The van der Waals surface area contributed by atoms with Gasteiger partial charge in [0, 0.05) is 60.4 Å². The summed E-state index contributed by atoms with van der Waals surface area (Å²) in [5.74, 6) is 0. The van der Waals surface area contributed by atoms with Crippen LogP contribution in [0.5, 0.6) is 0 Å². The molecule has 0 saturated heterocycles. The lowest BCUT2D eigenvalue weighted by Gasteiger charge is -2.54. The van der Waals surface area contributed by atoms with Gasteiger partial charge in [-0.2, -0.15) is 0 Å². The van der Waals surface area contributed by atoms with Gasteiger partial charge >= 0.3 is 0 Å². The first-order valence-corrected chi connectivity index (χ1v) is 37.2. The molecule has 0 saturated carbocycles. The molecule has 9 aromatic rings. The average Bonchev–Trinajstić information content (AvgIpc) is 1.17. The highest BCUT2D eigenvalue weighted by Crippen LogP contribution is 2.54. The summed E-state index contributed by atoms with van der Waals surface area (Å²) >= 11 is 2.00. The zero-order chi connectivity index (χ0) is 60.6. The maximum Gasteiger partial charge on any atom is 0.264 e. The summed E-state index contributed by atoms with van der Waals surface area (Å²) in [4.78, 5) is 7.91. The third-order valence-electron chi connectivity index (χ3n) is 18.6. The van der Waals surface area contributed by atoms with Crippen LogP contribution in [0.1, 0.15) is 147 Å². The highest BCUT2D eigenvalue weighted by molar-refractivity contribution is 7.33. The number of anilines is 9. The summed E-state index contributed by atoms with van der Waals surface area (Å²) < 4.78 is 2.71. The molecule has 0 fully saturated rings. The second kappa shape index (κ2) is 20.4. The van der Waals surface area contributed by atoms with Crippen molar-refractivity contribution in [1.82, 2.24) is 0 Å². The standard InChI is InChI=1S/C77H92BN3SSi2/c1-72(2,3)51-27-34-55(35-28-51)79(56-40-43-60(44-41-56)83(19,20)21)59-42-45-64-65(48-59)80(57-36-29-52(30-37-57)73(4,5)6)66-49-62(84(76(13,14)15,77(16,17)18)61-25-23-22-24-26-61)50-67-69(66)78(64)71-70(63-47-54(75(10,11)12)33-46-68(63)82-71)81(67)58-38-31-53(32-39-58)74(7,8)9/h22-50H,1-21H3. The Morgan fingerprint density at radius 1 is 0.393 bits per heavy atom. The Hall–Kier alpha value is -6.38. The van der Waals surface area contributed by atoms with Crippen LogP contribution in [0, 0.1) is 0 Å². The minimum atomic E-state index is -2.85. The molecule has 0 amide bonds. The van der Waals surface area contributed by atoms with E-state index < -0.39 is 16.1 Å². The fraction of sp³-hybridized carbons (Fsp3) is 0.351. The lowest BCUT2D eigenvalue weighted by molar-refractivity contribution is 0.590. The SMILES string of the molecule is CC(C)(C)c1ccc(N(c2ccc([Si](C)(C)C)cc2)c2ccc3c(c2)N(c2ccc(C(C)(C)C)cc2)c2cc([Si](c4ccccc4)(C(C)(C)C)C(C)(C)C)cc4c2B3c2sc3ccc(C(C)(C)C)cc3c2N4c2ccc(C(C)(C)C)cc2)cc1. The summed E-state index contributed by atoms with van der Waals surface area (Å²) in [7, 11) is -4.43. The predicted octanol–water partition coefficient (Wildman–Crippen LogP) is 19.4. The molecule has 0 bridgehead atoms. The molecule has 2 aliphatic heterocycles. The number of nitrogens with zero attached hydrogens (tertiary/aromatic N) is 3. The molecular formula is C77H92BN3SSi2. The smallest absolute Gasteiger partial charge is 0.264 e. The summed E-state index contributed by atoms with van der Waals surface area (Å²) in [5, 5.41) is 5.50. The molecule has 0 N–H and O–H groups in total. The van der Waals surface area contributed by atoms with Gasteiger partial charge in [-0.15, -0.1) is 11.3 Å². The molecule has 0 atom stereocenters. The molecule has 432 valence electrons. The zero-order valence-electron chi connectivity index (χ0n) is 54.6. The van der Waals surface area contributed by atoms with Crippen LogP contribution >= 0.6 is 11.3 Å². The lowest BCUT2D eigenvalue weighted by atomic mass is 9.36. The number of fused-ring (bicyclic) bond motifs is 6. The molecule has 7 heteroatoms. The first-order chi connectivity index (χ1) is 39.1. The van der Waals surface area contributed by atoms with Crippen molar-refractivity contribution in [3.63, 3.8) is 0 Å². The van der Waals surface area contributed by atoms with Gasteiger partial charge in [-0.05, 0) is 155 Å². The van der Waals surface area contributed by atoms with Gasteiger partial charge in [0.25, 0.3) is 6.71 Å². The Morgan fingerprint density at radius 3 is 1.31 bits per heavy atom. The van der Waals surface area contributed by atoms with Crippen molar-refractivity contribution in [3.05, 3.63) is 198 Å². The Labute approximate surface area is 512 Å². The molecule has 84 heavy (non-hydrogen) atoms. The normalized spacial score (nSPS) is 14.2. The monoisotopic (exact) mass is 1160 g/mol. The fourth-order valence-electron chi connectivity index (χ4n) is 14.4. The maximum atomic E-state index is 2.72. The van der Waals surface area contributed by atoms with Crippen LogP contribution in [0.2, 0.25) is 29.7 Å². The molecule has 1 aromatic heterocycles. The van der Waals surface area contributed by atoms with E-state index in [-0.39, 0.29) is 38.4 Å². The summed E-state index contributed by atoms with van der Waals surface area (Å²) in [5.41, 5.74) is 18.8. The molecule has 11 rings (SSSR count). The van der Waals surface area contributed by atoms with Crippen molar-refractivity contribution in [2.45, 2.75) is 176 Å². The molecule has 3 heterocycles. The van der Waals surface area contributed by atoms with Crippen molar-refractivity contribution in [2.75, 3.05) is 14.7 Å². The molecule has 0 unspecified atom stereocenters. The van der Waals surface area contributed by atoms with E-state index >= 15 is 0 Å². The number of rotatable bonds is 8. The van der Waals surface area contributed by atoms with Gasteiger partial charge in [0.2, 0.25) is 0 Å². The third kappa shape index (κ3) is 10.2. The van der Waals surface area contributed by atoms with Crippen molar-refractivity contribution in [1.29, 1.82) is 0 Å². The summed E-state index contributed by atoms with van der Waals surface area (Å²) in [6, 6.07) is 70.1. The number of hydrogen-bond donors (Lipinski definition) is 0. The Bertz CT molecular complexity index is 3850. The van der Waals surface area contributed by atoms with Gasteiger partial charge in [0.15, 0.2) is 0 Å². The molecule has 8 aromatic carbocycles. The molecule has 0 spiro atoms. The predicted molar refractivity (Wildman–Crippen MR) is 379 cm³/mol. The van der Waals surface area contributed by atoms with Crippen LogP contribution in [0.4, 0.5) is 51.2 Å². The molecule has 0 radical (unpaired) electrons. The Balaban J connectivity index is 1.31. The first-order valence-electron chi connectivity index (χ1n) is 30.9. The first kappa shape index (κ1) is 59.4. The van der Waals surface area contributed by atoms with E-state index in [1.807, 2.05) is 11.3 Å². The maximum absolute atomic E-state index is 2.85. The minimum Gasteiger partial charge on any atom is -0.311 e. The lowest BCUT2D eigenvalue weighted by Crippen LogP contribution is -2.70. The van der Waals surface area contributed by atoms with E-state index in [0.717, 1.165) is 22.7 Å². The van der Waals surface area contributed by atoms with E-state index in [1.165, 1.54) is 92.0 Å². The van der Waals surface area contributed by atoms with Gasteiger partial charge in [0.1, 0.15) is 8.07 Å². The quantitative estimate of drug-likeness (QED) is 0.140. The van der Waals surface area contributed by atoms with Crippen LogP contribution in [-0.2, 0) is 21.7 Å². The van der Waals surface area contributed by atoms with Crippen molar-refractivity contribution >= 4 is 127 Å². The molecular weight excluding hydrogens is 1070 g/mol. The zero-order valence-corrected chi connectivity index (χ0v) is 57.4.